The van der Waals surface area contributed by atoms with Crippen LogP contribution < -0.4 is 5.32 Å². The number of rotatable bonds is 5. The molecule has 2 aromatic rings. The summed E-state index contributed by atoms with van der Waals surface area (Å²) in [5.74, 6) is -1.42. The molecule has 2 N–H and O–H groups in total. The highest BCUT2D eigenvalue weighted by Gasteiger charge is 2.26. The minimum Gasteiger partial charge on any atom is -0.479 e. The zero-order valence-electron chi connectivity index (χ0n) is 13.1. The molecule has 0 saturated heterocycles. The molecule has 0 aliphatic carbocycles. The Kier molecular flexibility index (Phi) is 4.91. The molecule has 124 valence electrons. The van der Waals surface area contributed by atoms with Crippen LogP contribution in [0, 0.1) is 0 Å². The summed E-state index contributed by atoms with van der Waals surface area (Å²) in [4.78, 5) is 23.8. The normalized spacial score (nSPS) is 17.6. The molecule has 0 saturated carbocycles. The molecule has 24 heavy (non-hydrogen) atoms. The van der Waals surface area contributed by atoms with Crippen LogP contribution in [0.25, 0.3) is 0 Å². The van der Waals surface area contributed by atoms with Gasteiger partial charge in [0.1, 0.15) is 0 Å². The van der Waals surface area contributed by atoms with Crippen molar-refractivity contribution in [3.8, 4) is 0 Å². The fourth-order valence-corrected chi connectivity index (χ4v) is 2.97. The molecule has 0 bridgehead atoms. The number of ether oxygens (including phenoxy) is 1. The van der Waals surface area contributed by atoms with E-state index in [1.807, 2.05) is 24.3 Å². The lowest BCUT2D eigenvalue weighted by Gasteiger charge is -2.26. The lowest BCUT2D eigenvalue weighted by Crippen LogP contribution is -2.35. The minimum absolute atomic E-state index is 0.105. The van der Waals surface area contributed by atoms with E-state index in [1.165, 1.54) is 5.56 Å². The number of carboxylic acids is 1. The number of aliphatic carboxylic acids is 1. The highest BCUT2D eigenvalue weighted by Crippen LogP contribution is 2.29. The summed E-state index contributed by atoms with van der Waals surface area (Å²) in [6, 6.07) is 15.5. The highest BCUT2D eigenvalue weighted by molar-refractivity contribution is 5.84. The van der Waals surface area contributed by atoms with Gasteiger partial charge in [-0.25, -0.2) is 4.79 Å². The maximum Gasteiger partial charge on any atom is 0.330 e. The molecule has 1 heterocycles. The summed E-state index contributed by atoms with van der Waals surface area (Å²) in [5.41, 5.74) is 2.73. The van der Waals surface area contributed by atoms with Crippen LogP contribution in [-0.4, -0.2) is 23.6 Å². The zero-order valence-corrected chi connectivity index (χ0v) is 13.1. The Hall–Kier alpha value is -2.66. The minimum atomic E-state index is -1.08. The van der Waals surface area contributed by atoms with Gasteiger partial charge in [-0.1, -0.05) is 54.6 Å². The quantitative estimate of drug-likeness (QED) is 0.886. The summed E-state index contributed by atoms with van der Waals surface area (Å²) in [7, 11) is 0. The molecule has 1 amide bonds. The predicted molar refractivity (Wildman–Crippen MR) is 88.4 cm³/mol. The van der Waals surface area contributed by atoms with E-state index in [0.717, 1.165) is 12.0 Å². The average Bonchev–Trinajstić information content (AvgIpc) is 2.60. The van der Waals surface area contributed by atoms with E-state index in [-0.39, 0.29) is 18.4 Å². The third kappa shape index (κ3) is 3.63. The van der Waals surface area contributed by atoms with Crippen LogP contribution in [0.4, 0.5) is 0 Å². The Balaban J connectivity index is 1.70. The molecule has 5 heteroatoms. The van der Waals surface area contributed by atoms with Gasteiger partial charge in [0.15, 0.2) is 6.04 Å². The average molecular weight is 325 g/mol. The second-order valence-electron chi connectivity index (χ2n) is 5.76. The van der Waals surface area contributed by atoms with Gasteiger partial charge < -0.3 is 15.2 Å². The molecule has 0 radical (unpaired) electrons. The number of carboxylic acid groups (broad SMARTS) is 1. The molecule has 0 fully saturated rings. The number of hydrogen-bond donors (Lipinski definition) is 2. The number of fused-ring (bicyclic) bond motifs is 1. The van der Waals surface area contributed by atoms with E-state index >= 15 is 0 Å². The SMILES string of the molecule is O=C(CC1OCCc2ccccc21)N[C@H](C(=O)O)c1ccccc1. The number of carbonyl (C=O) groups excluding carboxylic acids is 1. The monoisotopic (exact) mass is 325 g/mol. The van der Waals surface area contributed by atoms with Gasteiger partial charge in [-0.15, -0.1) is 0 Å². The van der Waals surface area contributed by atoms with Crippen LogP contribution in [-0.2, 0) is 20.7 Å². The standard InChI is InChI=1S/C19H19NO4/c21-17(20-18(19(22)23)14-7-2-1-3-8-14)12-16-15-9-5-4-6-13(15)10-11-24-16/h1-9,16,18H,10-12H2,(H,20,21)(H,22,23)/t16?,18-/m0/s1. The van der Waals surface area contributed by atoms with E-state index < -0.39 is 12.0 Å². The van der Waals surface area contributed by atoms with E-state index in [2.05, 4.69) is 5.32 Å². The number of nitrogens with one attached hydrogen (secondary N) is 1. The van der Waals surface area contributed by atoms with Gasteiger partial charge in [0.05, 0.1) is 19.1 Å². The molecular formula is C19H19NO4. The van der Waals surface area contributed by atoms with Gasteiger partial charge >= 0.3 is 5.97 Å². The summed E-state index contributed by atoms with van der Waals surface area (Å²) in [6.07, 6.45) is 0.601. The smallest absolute Gasteiger partial charge is 0.330 e. The fraction of sp³-hybridized carbons (Fsp3) is 0.263. The first-order valence-electron chi connectivity index (χ1n) is 7.91. The van der Waals surface area contributed by atoms with Crippen molar-refractivity contribution in [2.24, 2.45) is 0 Å². The Labute approximate surface area is 140 Å². The van der Waals surface area contributed by atoms with Crippen LogP contribution >= 0.6 is 0 Å². The number of carbonyl (C=O) groups is 2. The lowest BCUT2D eigenvalue weighted by atomic mass is 9.95. The predicted octanol–water partition coefficient (Wildman–Crippen LogP) is 2.63. The zero-order chi connectivity index (χ0) is 16.9. The first kappa shape index (κ1) is 16.2. The third-order valence-electron chi connectivity index (χ3n) is 4.15. The molecule has 0 spiro atoms. The van der Waals surface area contributed by atoms with Gasteiger partial charge in [0, 0.05) is 0 Å². The molecule has 3 rings (SSSR count). The summed E-state index contributed by atoms with van der Waals surface area (Å²) >= 11 is 0. The highest BCUT2D eigenvalue weighted by atomic mass is 16.5. The first-order chi connectivity index (χ1) is 11.6. The Bertz CT molecular complexity index is 729. The molecule has 5 nitrogen and oxygen atoms in total. The van der Waals surface area contributed by atoms with Gasteiger partial charge in [-0.3, -0.25) is 4.79 Å². The Morgan fingerprint density at radius 3 is 2.58 bits per heavy atom. The topological polar surface area (TPSA) is 75.6 Å². The van der Waals surface area contributed by atoms with Crippen LogP contribution in [0.3, 0.4) is 0 Å². The third-order valence-corrected chi connectivity index (χ3v) is 4.15. The fourth-order valence-electron chi connectivity index (χ4n) is 2.97. The van der Waals surface area contributed by atoms with Crippen LogP contribution in [0.2, 0.25) is 0 Å². The van der Waals surface area contributed by atoms with Gasteiger partial charge in [0.2, 0.25) is 5.91 Å². The molecule has 0 aromatic heterocycles. The molecule has 1 unspecified atom stereocenters. The van der Waals surface area contributed by atoms with Crippen molar-refractivity contribution < 1.29 is 19.4 Å². The van der Waals surface area contributed by atoms with Crippen LogP contribution in [0.15, 0.2) is 54.6 Å². The largest absolute Gasteiger partial charge is 0.479 e. The van der Waals surface area contributed by atoms with Gasteiger partial charge in [-0.2, -0.15) is 0 Å². The Morgan fingerprint density at radius 2 is 1.83 bits per heavy atom. The van der Waals surface area contributed by atoms with Gasteiger partial charge in [-0.05, 0) is 23.1 Å². The van der Waals surface area contributed by atoms with Crippen molar-refractivity contribution in [3.63, 3.8) is 0 Å². The van der Waals surface area contributed by atoms with E-state index in [4.69, 9.17) is 4.74 Å². The van der Waals surface area contributed by atoms with Crippen molar-refractivity contribution in [3.05, 3.63) is 71.3 Å². The van der Waals surface area contributed by atoms with E-state index in [0.29, 0.717) is 12.2 Å². The van der Waals surface area contributed by atoms with Crippen molar-refractivity contribution in [2.75, 3.05) is 6.61 Å². The molecule has 1 aliphatic heterocycles. The van der Waals surface area contributed by atoms with E-state index in [1.54, 1.807) is 30.3 Å². The summed E-state index contributed by atoms with van der Waals surface area (Å²) < 4.78 is 5.71. The Morgan fingerprint density at radius 1 is 1.12 bits per heavy atom. The van der Waals surface area contributed by atoms with Crippen molar-refractivity contribution in [1.29, 1.82) is 0 Å². The maximum atomic E-state index is 12.4. The van der Waals surface area contributed by atoms with Crippen molar-refractivity contribution in [2.45, 2.75) is 25.0 Å². The number of amides is 1. The number of hydrogen-bond acceptors (Lipinski definition) is 3. The summed E-state index contributed by atoms with van der Waals surface area (Å²) in [6.45, 7) is 0.565. The van der Waals surface area contributed by atoms with Crippen molar-refractivity contribution >= 4 is 11.9 Å². The second-order valence-corrected chi connectivity index (χ2v) is 5.76. The summed E-state index contributed by atoms with van der Waals surface area (Å²) in [5, 5.41) is 12.0. The van der Waals surface area contributed by atoms with Crippen LogP contribution in [0.1, 0.15) is 35.3 Å². The molecule has 2 aromatic carbocycles. The number of benzene rings is 2. The molecule has 2 atom stereocenters. The molecule has 1 aliphatic rings. The molecular weight excluding hydrogens is 306 g/mol. The van der Waals surface area contributed by atoms with E-state index in [9.17, 15) is 14.7 Å². The van der Waals surface area contributed by atoms with Crippen molar-refractivity contribution in [1.82, 2.24) is 5.32 Å². The maximum absolute atomic E-state index is 12.4. The van der Waals surface area contributed by atoms with Crippen LogP contribution in [0.5, 0.6) is 0 Å². The van der Waals surface area contributed by atoms with Gasteiger partial charge in [0.25, 0.3) is 0 Å². The second kappa shape index (κ2) is 7.27. The first-order valence-corrected chi connectivity index (χ1v) is 7.91. The lowest BCUT2D eigenvalue weighted by molar-refractivity contribution is -0.142.